The first-order valence-electron chi connectivity index (χ1n) is 12.1. The van der Waals surface area contributed by atoms with Crippen LogP contribution in [-0.4, -0.2) is 38.0 Å². The van der Waals surface area contributed by atoms with Crippen molar-refractivity contribution in [2.24, 2.45) is 0 Å². The SMILES string of the molecule is C=C(C)C(=O)NCCCNC(NCCCNC(=O)C(=C)C)c1c2ccccc2cc2ccccc12. The maximum absolute atomic E-state index is 11.8. The van der Waals surface area contributed by atoms with Crippen LogP contribution in [0.25, 0.3) is 21.5 Å². The van der Waals surface area contributed by atoms with Crippen LogP contribution in [0.1, 0.15) is 38.4 Å². The molecular weight excluding hydrogens is 436 g/mol. The molecule has 0 radical (unpaired) electrons. The summed E-state index contributed by atoms with van der Waals surface area (Å²) in [5.41, 5.74) is 2.23. The summed E-state index contributed by atoms with van der Waals surface area (Å²) >= 11 is 0. The lowest BCUT2D eigenvalue weighted by atomic mass is 9.94. The van der Waals surface area contributed by atoms with Gasteiger partial charge in [0.15, 0.2) is 0 Å². The van der Waals surface area contributed by atoms with Gasteiger partial charge in [-0.1, -0.05) is 61.7 Å². The standard InChI is InChI=1S/C29H36N4O2/c1-20(2)28(34)32-17-9-15-30-27(31-16-10-18-33-29(35)21(3)4)26-24-13-7-5-11-22(24)19-23-12-6-8-14-25(23)26/h5-8,11-14,19,27,30-31H,1,3,9-10,15-18H2,2,4H3,(H,32,34)(H,33,35). The van der Waals surface area contributed by atoms with Gasteiger partial charge >= 0.3 is 0 Å². The predicted octanol–water partition coefficient (Wildman–Crippen LogP) is 4.34. The van der Waals surface area contributed by atoms with Gasteiger partial charge in [0.1, 0.15) is 0 Å². The van der Waals surface area contributed by atoms with E-state index in [1.807, 2.05) is 0 Å². The first kappa shape index (κ1) is 26.1. The summed E-state index contributed by atoms with van der Waals surface area (Å²) < 4.78 is 0. The molecule has 6 nitrogen and oxygen atoms in total. The minimum atomic E-state index is -0.114. The van der Waals surface area contributed by atoms with Crippen molar-refractivity contribution in [2.75, 3.05) is 26.2 Å². The topological polar surface area (TPSA) is 82.3 Å². The van der Waals surface area contributed by atoms with Crippen molar-refractivity contribution in [3.05, 3.63) is 84.5 Å². The zero-order valence-electron chi connectivity index (χ0n) is 20.7. The molecule has 3 aromatic rings. The third kappa shape index (κ3) is 7.25. The molecule has 3 aromatic carbocycles. The summed E-state index contributed by atoms with van der Waals surface area (Å²) in [4.78, 5) is 23.5. The van der Waals surface area contributed by atoms with Crippen molar-refractivity contribution < 1.29 is 9.59 Å². The Morgan fingerprint density at radius 3 is 1.57 bits per heavy atom. The van der Waals surface area contributed by atoms with Crippen LogP contribution in [0.3, 0.4) is 0 Å². The highest BCUT2D eigenvalue weighted by Crippen LogP contribution is 2.32. The van der Waals surface area contributed by atoms with Gasteiger partial charge in [0, 0.05) is 24.2 Å². The minimum Gasteiger partial charge on any atom is -0.352 e. The third-order valence-corrected chi connectivity index (χ3v) is 5.85. The van der Waals surface area contributed by atoms with Crippen molar-refractivity contribution in [3.8, 4) is 0 Å². The number of benzene rings is 3. The number of hydrogen-bond acceptors (Lipinski definition) is 4. The van der Waals surface area contributed by atoms with Crippen LogP contribution >= 0.6 is 0 Å². The summed E-state index contributed by atoms with van der Waals surface area (Å²) in [5, 5.41) is 17.9. The van der Waals surface area contributed by atoms with E-state index in [-0.39, 0.29) is 18.0 Å². The van der Waals surface area contributed by atoms with Crippen molar-refractivity contribution >= 4 is 33.4 Å². The van der Waals surface area contributed by atoms with E-state index in [1.54, 1.807) is 13.8 Å². The highest BCUT2D eigenvalue weighted by Gasteiger charge is 2.17. The predicted molar refractivity (Wildman–Crippen MR) is 145 cm³/mol. The Morgan fingerprint density at radius 1 is 0.714 bits per heavy atom. The van der Waals surface area contributed by atoms with Crippen LogP contribution in [-0.2, 0) is 9.59 Å². The maximum Gasteiger partial charge on any atom is 0.246 e. The zero-order chi connectivity index (χ0) is 25.2. The normalized spacial score (nSPS) is 11.1. The number of carbonyl (C=O) groups excluding carboxylic acids is 2. The molecule has 0 bridgehead atoms. The highest BCUT2D eigenvalue weighted by atomic mass is 16.2. The van der Waals surface area contributed by atoms with Crippen LogP contribution in [0.5, 0.6) is 0 Å². The van der Waals surface area contributed by atoms with E-state index in [4.69, 9.17) is 0 Å². The van der Waals surface area contributed by atoms with Gasteiger partial charge in [-0.05, 0) is 73.0 Å². The molecule has 3 rings (SSSR count). The molecule has 0 spiro atoms. The molecule has 0 saturated heterocycles. The van der Waals surface area contributed by atoms with Gasteiger partial charge in [0.2, 0.25) is 11.8 Å². The summed E-state index contributed by atoms with van der Waals surface area (Å²) in [6, 6.07) is 19.1. The molecule has 0 fully saturated rings. The molecule has 0 aliphatic heterocycles. The van der Waals surface area contributed by atoms with E-state index < -0.39 is 0 Å². The lowest BCUT2D eigenvalue weighted by Crippen LogP contribution is -2.38. The molecule has 0 unspecified atom stereocenters. The molecule has 2 amide bonds. The van der Waals surface area contributed by atoms with Crippen molar-refractivity contribution in [1.29, 1.82) is 0 Å². The Kier molecular flexibility index (Phi) is 9.58. The molecule has 0 aliphatic rings. The molecule has 0 aromatic heterocycles. The number of fused-ring (bicyclic) bond motifs is 2. The fourth-order valence-corrected chi connectivity index (χ4v) is 4.01. The fraction of sp³-hybridized carbons (Fsp3) is 0.310. The number of hydrogen-bond donors (Lipinski definition) is 4. The van der Waals surface area contributed by atoms with E-state index in [0.717, 1.165) is 25.9 Å². The molecule has 35 heavy (non-hydrogen) atoms. The van der Waals surface area contributed by atoms with Gasteiger partial charge in [0.25, 0.3) is 0 Å². The average Bonchev–Trinajstić information content (AvgIpc) is 2.85. The Morgan fingerprint density at radius 2 is 1.14 bits per heavy atom. The largest absolute Gasteiger partial charge is 0.352 e. The molecule has 184 valence electrons. The molecular formula is C29H36N4O2. The van der Waals surface area contributed by atoms with Crippen molar-refractivity contribution in [3.63, 3.8) is 0 Å². The second kappa shape index (κ2) is 12.8. The maximum atomic E-state index is 11.8. The second-order valence-corrected chi connectivity index (χ2v) is 8.85. The van der Waals surface area contributed by atoms with Gasteiger partial charge in [0.05, 0.1) is 6.17 Å². The van der Waals surface area contributed by atoms with Gasteiger partial charge < -0.3 is 10.6 Å². The number of carbonyl (C=O) groups is 2. The first-order chi connectivity index (χ1) is 16.9. The highest BCUT2D eigenvalue weighted by molar-refractivity contribution is 6.02. The summed E-state index contributed by atoms with van der Waals surface area (Å²) in [7, 11) is 0. The molecule has 0 saturated carbocycles. The van der Waals surface area contributed by atoms with Crippen LogP contribution in [0.2, 0.25) is 0 Å². The van der Waals surface area contributed by atoms with E-state index in [9.17, 15) is 9.59 Å². The number of rotatable bonds is 13. The van der Waals surface area contributed by atoms with E-state index in [0.29, 0.717) is 24.2 Å². The summed E-state index contributed by atoms with van der Waals surface area (Å²) in [6.45, 7) is 13.4. The Balaban J connectivity index is 1.77. The number of amides is 2. The van der Waals surface area contributed by atoms with Crippen molar-refractivity contribution in [1.82, 2.24) is 21.3 Å². The fourth-order valence-electron chi connectivity index (χ4n) is 4.01. The van der Waals surface area contributed by atoms with Gasteiger partial charge in [-0.15, -0.1) is 0 Å². The van der Waals surface area contributed by atoms with Crippen LogP contribution in [0.4, 0.5) is 0 Å². The van der Waals surface area contributed by atoms with E-state index >= 15 is 0 Å². The third-order valence-electron chi connectivity index (χ3n) is 5.85. The minimum absolute atomic E-state index is 0.0975. The van der Waals surface area contributed by atoms with Gasteiger partial charge in [-0.2, -0.15) is 0 Å². The Bertz CT molecular complexity index is 1130. The van der Waals surface area contributed by atoms with E-state index in [2.05, 4.69) is 89.0 Å². The van der Waals surface area contributed by atoms with Gasteiger partial charge in [-0.25, -0.2) is 0 Å². The molecule has 0 aliphatic carbocycles. The Hall–Kier alpha value is -3.48. The number of nitrogens with one attached hydrogen (secondary N) is 4. The van der Waals surface area contributed by atoms with Crippen LogP contribution in [0.15, 0.2) is 78.9 Å². The smallest absolute Gasteiger partial charge is 0.246 e. The summed E-state index contributed by atoms with van der Waals surface area (Å²) in [6.07, 6.45) is 1.48. The van der Waals surface area contributed by atoms with Crippen molar-refractivity contribution in [2.45, 2.75) is 32.9 Å². The molecule has 4 N–H and O–H groups in total. The monoisotopic (exact) mass is 472 g/mol. The van der Waals surface area contributed by atoms with Gasteiger partial charge in [-0.3, -0.25) is 20.2 Å². The lowest BCUT2D eigenvalue weighted by Gasteiger charge is -2.24. The average molecular weight is 473 g/mol. The summed E-state index contributed by atoms with van der Waals surface area (Å²) in [5.74, 6) is -0.229. The zero-order valence-corrected chi connectivity index (χ0v) is 20.7. The molecule has 0 atom stereocenters. The van der Waals surface area contributed by atoms with E-state index in [1.165, 1.54) is 27.1 Å². The quantitative estimate of drug-likeness (QED) is 0.129. The lowest BCUT2D eigenvalue weighted by molar-refractivity contribution is -0.118. The van der Waals surface area contributed by atoms with Crippen LogP contribution in [0, 0.1) is 0 Å². The molecule has 6 heteroatoms. The second-order valence-electron chi connectivity index (χ2n) is 8.85. The first-order valence-corrected chi connectivity index (χ1v) is 12.1. The molecule has 0 heterocycles. The Labute approximate surface area is 207 Å². The van der Waals surface area contributed by atoms with Crippen LogP contribution < -0.4 is 21.3 Å².